The molecule has 0 saturated carbocycles. The largest absolute Gasteiger partial charge is 0.325 e. The molecular weight excluding hydrogens is 226 g/mol. The first-order valence-corrected chi connectivity index (χ1v) is 7.71. The van der Waals surface area contributed by atoms with Crippen LogP contribution >= 0.6 is 0 Å². The molecule has 0 aromatic carbocycles. The Morgan fingerprint density at radius 2 is 1.19 bits per heavy atom. The van der Waals surface area contributed by atoms with Crippen molar-refractivity contribution in [1.29, 1.82) is 0 Å². The lowest BCUT2D eigenvalue weighted by molar-refractivity contribution is -0.921. The summed E-state index contributed by atoms with van der Waals surface area (Å²) in [6.45, 7) is 15.9. The Bertz CT molecular complexity index is 228. The lowest BCUT2D eigenvalue weighted by atomic mass is 10.3. The van der Waals surface area contributed by atoms with Crippen molar-refractivity contribution < 1.29 is 17.5 Å². The fourth-order valence-corrected chi connectivity index (χ4v) is 2.12. The molecule has 0 aromatic rings. The van der Waals surface area contributed by atoms with Gasteiger partial charge in [0.05, 0.1) is 31.9 Å². The first-order chi connectivity index (χ1) is 7.30. The lowest BCUT2D eigenvalue weighted by Gasteiger charge is -2.34. The summed E-state index contributed by atoms with van der Waals surface area (Å²) >= 11 is 0. The van der Waals surface area contributed by atoms with Gasteiger partial charge >= 0.3 is 0 Å². The van der Waals surface area contributed by atoms with Crippen molar-refractivity contribution in [1.82, 2.24) is 0 Å². The van der Waals surface area contributed by atoms with E-state index in [1.165, 1.54) is 30.7 Å². The molecule has 1 N–H and O–H groups in total. The van der Waals surface area contributed by atoms with E-state index in [9.17, 15) is 8.42 Å². The molecule has 0 fully saturated rings. The van der Waals surface area contributed by atoms with E-state index in [4.69, 9.17) is 4.55 Å². The molecule has 0 spiro atoms. The number of nitrogens with zero attached hydrogens (tertiary/aromatic N) is 1. The molecule has 4 nitrogen and oxygen atoms in total. The Morgan fingerprint density at radius 1 is 0.875 bits per heavy atom. The lowest BCUT2D eigenvalue weighted by Crippen LogP contribution is -2.47. The maximum absolute atomic E-state index is 9.79. The van der Waals surface area contributed by atoms with Crippen molar-refractivity contribution >= 4 is 10.1 Å². The van der Waals surface area contributed by atoms with E-state index in [1.807, 2.05) is 0 Å². The highest BCUT2D eigenvalue weighted by Gasteiger charge is 2.16. The molecule has 100 valence electrons. The van der Waals surface area contributed by atoms with Gasteiger partial charge in [-0.15, -0.1) is 0 Å². The van der Waals surface area contributed by atoms with Gasteiger partial charge in [-0.25, -0.2) is 0 Å². The van der Waals surface area contributed by atoms with E-state index in [2.05, 4.69) is 27.7 Å². The van der Waals surface area contributed by atoms with Crippen LogP contribution in [0.1, 0.15) is 41.0 Å². The number of rotatable bonds is 6. The van der Waals surface area contributed by atoms with Gasteiger partial charge in [-0.05, 0) is 34.1 Å². The van der Waals surface area contributed by atoms with E-state index >= 15 is 0 Å². The highest BCUT2D eigenvalue weighted by atomic mass is 32.2. The van der Waals surface area contributed by atoms with E-state index in [0.29, 0.717) is 6.42 Å². The smallest absolute Gasteiger partial charge is 0.264 e. The van der Waals surface area contributed by atoms with Crippen molar-refractivity contribution in [2.45, 2.75) is 41.0 Å². The highest BCUT2D eigenvalue weighted by molar-refractivity contribution is 7.85. The summed E-state index contributed by atoms with van der Waals surface area (Å²) in [7, 11) is -3.67. The van der Waals surface area contributed by atoms with E-state index in [0.717, 1.165) is 0 Å². The fourth-order valence-electron chi connectivity index (χ4n) is 1.60. The zero-order valence-corrected chi connectivity index (χ0v) is 12.2. The zero-order valence-electron chi connectivity index (χ0n) is 11.4. The van der Waals surface area contributed by atoms with Crippen LogP contribution in [-0.4, -0.2) is 49.4 Å². The molecule has 0 aliphatic rings. The third kappa shape index (κ3) is 9.12. The Balaban J connectivity index is 0. The van der Waals surface area contributed by atoms with Gasteiger partial charge in [0.2, 0.25) is 0 Å². The van der Waals surface area contributed by atoms with Crippen LogP contribution in [0, 0.1) is 0 Å². The molecule has 0 rings (SSSR count). The van der Waals surface area contributed by atoms with Crippen LogP contribution in [0.2, 0.25) is 0 Å². The molecule has 5 heteroatoms. The van der Waals surface area contributed by atoms with Gasteiger partial charge in [0.1, 0.15) is 0 Å². The Kier molecular flexibility index (Phi) is 10.2. The molecule has 0 saturated heterocycles. The standard InChI is InChI=1S/C8H20N.C3H8O3S/c1-5-9(6-2,7-3)8-4;1-2-3-7(4,5)6/h5-8H2,1-4H3;2-3H2,1H3,(H,4,5,6)/q+1;. The molecule has 16 heavy (non-hydrogen) atoms. The van der Waals surface area contributed by atoms with Gasteiger partial charge in [-0.2, -0.15) is 8.42 Å². The summed E-state index contributed by atoms with van der Waals surface area (Å²) in [5.74, 6) is -0.132. The molecule has 0 aliphatic carbocycles. The summed E-state index contributed by atoms with van der Waals surface area (Å²) in [4.78, 5) is 0. The molecular formula is C11H28NO3S+. The van der Waals surface area contributed by atoms with Crippen LogP contribution in [0.5, 0.6) is 0 Å². The fraction of sp³-hybridized carbons (Fsp3) is 1.00. The second-order valence-corrected chi connectivity index (χ2v) is 5.46. The second kappa shape index (κ2) is 8.96. The monoisotopic (exact) mass is 254 g/mol. The summed E-state index contributed by atoms with van der Waals surface area (Å²) in [5.41, 5.74) is 0. The Morgan fingerprint density at radius 3 is 1.19 bits per heavy atom. The van der Waals surface area contributed by atoms with Crippen molar-refractivity contribution in [2.75, 3.05) is 31.9 Å². The second-order valence-electron chi connectivity index (χ2n) is 3.89. The van der Waals surface area contributed by atoms with Crippen LogP contribution in [0.25, 0.3) is 0 Å². The van der Waals surface area contributed by atoms with Crippen molar-refractivity contribution in [3.8, 4) is 0 Å². The van der Waals surface area contributed by atoms with Gasteiger partial charge in [-0.3, -0.25) is 4.55 Å². The van der Waals surface area contributed by atoms with Crippen molar-refractivity contribution in [3.05, 3.63) is 0 Å². The molecule has 0 aromatic heterocycles. The van der Waals surface area contributed by atoms with Gasteiger partial charge in [-0.1, -0.05) is 6.92 Å². The Labute approximate surface area is 101 Å². The van der Waals surface area contributed by atoms with E-state index in [-0.39, 0.29) is 5.75 Å². The minimum Gasteiger partial charge on any atom is -0.325 e. The van der Waals surface area contributed by atoms with Crippen LogP contribution in [0.4, 0.5) is 0 Å². The average Bonchev–Trinajstić information content (AvgIpc) is 2.21. The molecule has 0 amide bonds. The maximum atomic E-state index is 9.79. The normalized spacial score (nSPS) is 11.9. The molecule has 0 radical (unpaired) electrons. The van der Waals surface area contributed by atoms with E-state index in [1.54, 1.807) is 6.92 Å². The predicted octanol–water partition coefficient (Wildman–Crippen LogP) is 2.17. The first kappa shape index (κ1) is 18.2. The average molecular weight is 254 g/mol. The highest BCUT2D eigenvalue weighted by Crippen LogP contribution is 2.03. The van der Waals surface area contributed by atoms with Crippen molar-refractivity contribution in [3.63, 3.8) is 0 Å². The van der Waals surface area contributed by atoms with Crippen LogP contribution in [0.15, 0.2) is 0 Å². The number of hydrogen-bond donors (Lipinski definition) is 1. The summed E-state index contributed by atoms with van der Waals surface area (Å²) < 4.78 is 28.8. The van der Waals surface area contributed by atoms with Crippen molar-refractivity contribution in [2.24, 2.45) is 0 Å². The SMILES string of the molecule is CCCS(=O)(=O)O.CC[N+](CC)(CC)CC. The first-order valence-electron chi connectivity index (χ1n) is 6.11. The van der Waals surface area contributed by atoms with E-state index < -0.39 is 10.1 Å². The van der Waals surface area contributed by atoms with Gasteiger partial charge in [0.15, 0.2) is 0 Å². The summed E-state index contributed by atoms with van der Waals surface area (Å²) in [5, 5.41) is 0. The topological polar surface area (TPSA) is 54.4 Å². The molecule has 0 atom stereocenters. The summed E-state index contributed by atoms with van der Waals surface area (Å²) in [6.07, 6.45) is 0.471. The third-order valence-electron chi connectivity index (χ3n) is 3.15. The number of quaternary nitrogens is 1. The minimum atomic E-state index is -3.67. The Hall–Kier alpha value is -0.130. The van der Waals surface area contributed by atoms with Crippen LogP contribution in [-0.2, 0) is 10.1 Å². The third-order valence-corrected chi connectivity index (χ3v) is 4.07. The summed E-state index contributed by atoms with van der Waals surface area (Å²) in [6, 6.07) is 0. The number of hydrogen-bond acceptors (Lipinski definition) is 2. The zero-order chi connectivity index (χ0) is 13.2. The molecule has 0 aliphatic heterocycles. The minimum absolute atomic E-state index is 0.132. The predicted molar refractivity (Wildman–Crippen MR) is 69.1 cm³/mol. The quantitative estimate of drug-likeness (QED) is 0.584. The molecule has 0 bridgehead atoms. The molecule has 0 unspecified atom stereocenters. The van der Waals surface area contributed by atoms with Gasteiger partial charge < -0.3 is 4.48 Å². The molecule has 0 heterocycles. The van der Waals surface area contributed by atoms with Gasteiger partial charge in [0, 0.05) is 0 Å². The maximum Gasteiger partial charge on any atom is 0.264 e. The van der Waals surface area contributed by atoms with Crippen LogP contribution in [0.3, 0.4) is 0 Å². The van der Waals surface area contributed by atoms with Crippen LogP contribution < -0.4 is 0 Å². The van der Waals surface area contributed by atoms with Gasteiger partial charge in [0.25, 0.3) is 10.1 Å².